The van der Waals surface area contributed by atoms with Crippen LogP contribution in [0, 0.1) is 5.92 Å². The van der Waals surface area contributed by atoms with Gasteiger partial charge in [0.05, 0.1) is 10.6 Å². The predicted molar refractivity (Wildman–Crippen MR) is 96.2 cm³/mol. The van der Waals surface area contributed by atoms with E-state index in [1.165, 1.54) is 19.4 Å². The number of nitrogens with one attached hydrogen (secondary N) is 1. The summed E-state index contributed by atoms with van der Waals surface area (Å²) in [4.78, 5) is 8.19. The number of hydrogen-bond acceptors (Lipinski definition) is 5. The molecule has 1 unspecified atom stereocenters. The third kappa shape index (κ3) is 4.96. The summed E-state index contributed by atoms with van der Waals surface area (Å²) in [6, 6.07) is 4.07. The van der Waals surface area contributed by atoms with E-state index >= 15 is 0 Å². The molecule has 3 heterocycles. The molecule has 7 heteroatoms. The van der Waals surface area contributed by atoms with Gasteiger partial charge in [-0.1, -0.05) is 6.07 Å². The number of hydrogen-bond donors (Lipinski definition) is 1. The van der Waals surface area contributed by atoms with Crippen molar-refractivity contribution >= 4 is 36.2 Å². The summed E-state index contributed by atoms with van der Waals surface area (Å²) in [5.41, 5.74) is 1.04. The molecule has 0 aliphatic carbocycles. The Morgan fingerprint density at radius 2 is 2.32 bits per heavy atom. The van der Waals surface area contributed by atoms with Crippen LogP contribution in [0.25, 0.3) is 10.8 Å². The van der Waals surface area contributed by atoms with E-state index in [0.717, 1.165) is 42.0 Å². The molecule has 1 saturated heterocycles. The molecule has 2 aromatic heterocycles. The number of thiophene rings is 1. The molecule has 0 aromatic carbocycles. The van der Waals surface area contributed by atoms with Crippen LogP contribution in [0.3, 0.4) is 0 Å². The molecule has 124 valence electrons. The van der Waals surface area contributed by atoms with Crippen LogP contribution in [0.5, 0.6) is 0 Å². The van der Waals surface area contributed by atoms with Crippen molar-refractivity contribution in [3.05, 3.63) is 29.5 Å². The Balaban J connectivity index is 0.00000121. The van der Waals surface area contributed by atoms with Crippen LogP contribution in [-0.4, -0.2) is 36.6 Å². The van der Waals surface area contributed by atoms with E-state index in [1.807, 2.05) is 24.6 Å². The molecule has 3 rings (SSSR count). The maximum atomic E-state index is 5.59. The number of nitrogens with zero attached hydrogens (tertiary/aromatic N) is 2. The Morgan fingerprint density at radius 1 is 1.45 bits per heavy atom. The minimum Gasteiger partial charge on any atom is -0.444 e. The van der Waals surface area contributed by atoms with Gasteiger partial charge in [0.15, 0.2) is 0 Å². The molecule has 22 heavy (non-hydrogen) atoms. The molecule has 1 atom stereocenters. The summed E-state index contributed by atoms with van der Waals surface area (Å²) in [7, 11) is 2.03. The van der Waals surface area contributed by atoms with Crippen LogP contribution in [0.2, 0.25) is 0 Å². The number of piperidine rings is 1. The third-order valence-electron chi connectivity index (χ3n) is 3.77. The Morgan fingerprint density at radius 3 is 3.05 bits per heavy atom. The zero-order chi connectivity index (χ0) is 13.8. The zero-order valence-corrected chi connectivity index (χ0v) is 15.1. The van der Waals surface area contributed by atoms with Gasteiger partial charge in [-0.15, -0.1) is 36.2 Å². The van der Waals surface area contributed by atoms with Crippen molar-refractivity contribution in [3.8, 4) is 10.8 Å². The number of rotatable bonds is 5. The number of aromatic nitrogens is 1. The van der Waals surface area contributed by atoms with Crippen molar-refractivity contribution in [2.75, 3.05) is 26.7 Å². The van der Waals surface area contributed by atoms with Gasteiger partial charge >= 0.3 is 0 Å². The van der Waals surface area contributed by atoms with Crippen LogP contribution >= 0.6 is 36.2 Å². The summed E-state index contributed by atoms with van der Waals surface area (Å²) in [5.74, 6) is 1.51. The molecule has 0 amide bonds. The topological polar surface area (TPSA) is 41.3 Å². The Kier molecular flexibility index (Phi) is 8.43. The van der Waals surface area contributed by atoms with Gasteiger partial charge in [0.2, 0.25) is 5.89 Å². The molecule has 0 radical (unpaired) electrons. The maximum Gasteiger partial charge on any atom is 0.236 e. The average Bonchev–Trinajstić information content (AvgIpc) is 3.10. The molecular weight excluding hydrogens is 341 g/mol. The van der Waals surface area contributed by atoms with Gasteiger partial charge in [0.25, 0.3) is 0 Å². The second kappa shape index (κ2) is 9.53. The highest BCUT2D eigenvalue weighted by Gasteiger charge is 2.20. The first-order valence-corrected chi connectivity index (χ1v) is 8.08. The lowest BCUT2D eigenvalue weighted by Gasteiger charge is -2.31. The van der Waals surface area contributed by atoms with Crippen LogP contribution in [0.1, 0.15) is 18.5 Å². The highest BCUT2D eigenvalue weighted by molar-refractivity contribution is 7.13. The summed E-state index contributed by atoms with van der Waals surface area (Å²) >= 11 is 1.66. The van der Waals surface area contributed by atoms with Gasteiger partial charge in [-0.05, 0) is 50.3 Å². The van der Waals surface area contributed by atoms with E-state index in [2.05, 4.69) is 15.2 Å². The number of halogens is 2. The van der Waals surface area contributed by atoms with Crippen LogP contribution < -0.4 is 5.32 Å². The molecule has 0 spiro atoms. The summed E-state index contributed by atoms with van der Waals surface area (Å²) in [6.45, 7) is 4.33. The van der Waals surface area contributed by atoms with Gasteiger partial charge in [0.1, 0.15) is 6.26 Å². The first-order valence-electron chi connectivity index (χ1n) is 7.20. The number of likely N-dealkylation sites (tertiary alicyclic amines) is 1. The Hall–Kier alpha value is -0.590. The fraction of sp³-hybridized carbons (Fsp3) is 0.533. The summed E-state index contributed by atoms with van der Waals surface area (Å²) in [6.07, 6.45) is 4.41. The van der Waals surface area contributed by atoms with Gasteiger partial charge in [-0.3, -0.25) is 4.90 Å². The lowest BCUT2D eigenvalue weighted by atomic mass is 9.98. The van der Waals surface area contributed by atoms with E-state index in [0.29, 0.717) is 0 Å². The average molecular weight is 364 g/mol. The Bertz CT molecular complexity index is 531. The van der Waals surface area contributed by atoms with Crippen LogP contribution in [0.4, 0.5) is 0 Å². The van der Waals surface area contributed by atoms with E-state index < -0.39 is 0 Å². The molecule has 1 N–H and O–H groups in total. The highest BCUT2D eigenvalue weighted by Crippen LogP contribution is 2.24. The molecule has 1 fully saturated rings. The zero-order valence-electron chi connectivity index (χ0n) is 12.7. The van der Waals surface area contributed by atoms with Crippen LogP contribution in [-0.2, 0) is 6.54 Å². The molecule has 0 saturated carbocycles. The molecular formula is C15H23Cl2N3OS. The molecule has 2 aromatic rings. The molecule has 1 aliphatic heterocycles. The number of oxazole rings is 1. The normalized spacial score (nSPS) is 18.5. The van der Waals surface area contributed by atoms with Crippen molar-refractivity contribution in [1.29, 1.82) is 0 Å². The monoisotopic (exact) mass is 363 g/mol. The lowest BCUT2D eigenvalue weighted by Crippen LogP contribution is -2.38. The fourth-order valence-electron chi connectivity index (χ4n) is 2.87. The van der Waals surface area contributed by atoms with Crippen molar-refractivity contribution in [2.45, 2.75) is 19.4 Å². The fourth-order valence-corrected chi connectivity index (χ4v) is 3.53. The summed E-state index contributed by atoms with van der Waals surface area (Å²) < 4.78 is 5.59. The largest absolute Gasteiger partial charge is 0.444 e. The Labute approximate surface area is 148 Å². The van der Waals surface area contributed by atoms with Crippen molar-refractivity contribution < 1.29 is 4.42 Å². The van der Waals surface area contributed by atoms with E-state index in [4.69, 9.17) is 4.42 Å². The van der Waals surface area contributed by atoms with Crippen LogP contribution in [0.15, 0.2) is 28.2 Å². The van der Waals surface area contributed by atoms with Gasteiger partial charge < -0.3 is 9.73 Å². The standard InChI is InChI=1S/C15H21N3OS.2ClH/c1-16-8-12-4-2-6-18(9-12)10-13-11-19-15(17-13)14-5-3-7-20-14;;/h3,5,7,11-12,16H,2,4,6,8-10H2,1H3;2*1H. The smallest absolute Gasteiger partial charge is 0.236 e. The minimum absolute atomic E-state index is 0. The summed E-state index contributed by atoms with van der Waals surface area (Å²) in [5, 5.41) is 5.33. The second-order valence-electron chi connectivity index (χ2n) is 5.42. The van der Waals surface area contributed by atoms with E-state index in [9.17, 15) is 0 Å². The quantitative estimate of drug-likeness (QED) is 0.879. The van der Waals surface area contributed by atoms with E-state index in [-0.39, 0.29) is 24.8 Å². The predicted octanol–water partition coefficient (Wildman–Crippen LogP) is 3.68. The minimum atomic E-state index is 0. The van der Waals surface area contributed by atoms with Crippen molar-refractivity contribution in [1.82, 2.24) is 15.2 Å². The van der Waals surface area contributed by atoms with Gasteiger partial charge in [-0.25, -0.2) is 4.98 Å². The highest BCUT2D eigenvalue weighted by atomic mass is 35.5. The first-order chi connectivity index (χ1) is 9.85. The molecule has 1 aliphatic rings. The van der Waals surface area contributed by atoms with Crippen molar-refractivity contribution in [2.24, 2.45) is 5.92 Å². The first kappa shape index (κ1) is 19.5. The lowest BCUT2D eigenvalue weighted by molar-refractivity contribution is 0.165. The molecule has 4 nitrogen and oxygen atoms in total. The van der Waals surface area contributed by atoms with E-state index in [1.54, 1.807) is 17.6 Å². The van der Waals surface area contributed by atoms with Crippen molar-refractivity contribution in [3.63, 3.8) is 0 Å². The maximum absolute atomic E-state index is 5.59. The second-order valence-corrected chi connectivity index (χ2v) is 6.37. The SMILES string of the molecule is CNCC1CCCN(Cc2coc(-c3cccs3)n2)C1.Cl.Cl. The van der Waals surface area contributed by atoms with Gasteiger partial charge in [0, 0.05) is 13.1 Å². The van der Waals surface area contributed by atoms with Gasteiger partial charge in [-0.2, -0.15) is 0 Å². The molecule has 0 bridgehead atoms. The third-order valence-corrected chi connectivity index (χ3v) is 4.62.